The van der Waals surface area contributed by atoms with Crippen LogP contribution in [-0.2, 0) is 0 Å². The van der Waals surface area contributed by atoms with Crippen LogP contribution >= 0.6 is 0 Å². The van der Waals surface area contributed by atoms with E-state index in [2.05, 4.69) is 38.7 Å². The van der Waals surface area contributed by atoms with Crippen LogP contribution in [0.5, 0.6) is 0 Å². The number of piperidine rings is 1. The molecule has 0 bridgehead atoms. The van der Waals surface area contributed by atoms with E-state index in [0.717, 1.165) is 19.5 Å². The van der Waals surface area contributed by atoms with Gasteiger partial charge in [-0.05, 0) is 38.5 Å². The third-order valence-electron chi connectivity index (χ3n) is 3.46. The molecule has 0 aromatic heterocycles. The van der Waals surface area contributed by atoms with Crippen LogP contribution < -0.4 is 0 Å². The summed E-state index contributed by atoms with van der Waals surface area (Å²) in [5.41, 5.74) is 0.330. The molecule has 1 fully saturated rings. The molecule has 0 aliphatic carbocycles. The van der Waals surface area contributed by atoms with E-state index in [4.69, 9.17) is 5.26 Å². The summed E-state index contributed by atoms with van der Waals surface area (Å²) in [7, 11) is 0. The SMILES string of the molecule is CC(C)CN1CC(CC#N)CCC1(C)C. The zero-order chi connectivity index (χ0) is 11.5. The van der Waals surface area contributed by atoms with Crippen LogP contribution in [0, 0.1) is 23.2 Å². The van der Waals surface area contributed by atoms with E-state index in [9.17, 15) is 0 Å². The molecule has 0 aromatic rings. The van der Waals surface area contributed by atoms with Gasteiger partial charge in [0, 0.05) is 25.0 Å². The number of likely N-dealkylation sites (tertiary alicyclic amines) is 1. The van der Waals surface area contributed by atoms with Gasteiger partial charge in [-0.15, -0.1) is 0 Å². The quantitative estimate of drug-likeness (QED) is 0.713. The van der Waals surface area contributed by atoms with Gasteiger partial charge in [-0.2, -0.15) is 5.26 Å². The van der Waals surface area contributed by atoms with Crippen molar-refractivity contribution in [3.05, 3.63) is 0 Å². The first kappa shape index (κ1) is 12.5. The maximum absolute atomic E-state index is 8.75. The standard InChI is InChI=1S/C13H24N2/c1-11(2)9-15-10-12(6-8-14)5-7-13(15,3)4/h11-12H,5-7,9-10H2,1-4H3. The van der Waals surface area contributed by atoms with Crippen LogP contribution in [0.2, 0.25) is 0 Å². The molecular weight excluding hydrogens is 184 g/mol. The Bertz CT molecular complexity index is 237. The molecule has 15 heavy (non-hydrogen) atoms. The highest BCUT2D eigenvalue weighted by Gasteiger charge is 2.33. The number of hydrogen-bond acceptors (Lipinski definition) is 2. The summed E-state index contributed by atoms with van der Waals surface area (Å²) >= 11 is 0. The maximum atomic E-state index is 8.75. The molecular formula is C13H24N2. The molecule has 1 aliphatic heterocycles. The predicted molar refractivity (Wildman–Crippen MR) is 63.4 cm³/mol. The Labute approximate surface area is 94.3 Å². The summed E-state index contributed by atoms with van der Waals surface area (Å²) in [6.45, 7) is 11.5. The minimum Gasteiger partial charge on any atom is -0.298 e. The van der Waals surface area contributed by atoms with Crippen molar-refractivity contribution in [2.45, 2.75) is 52.5 Å². The fourth-order valence-corrected chi connectivity index (χ4v) is 2.42. The lowest BCUT2D eigenvalue weighted by Gasteiger charge is -2.46. The van der Waals surface area contributed by atoms with Gasteiger partial charge in [0.15, 0.2) is 0 Å². The smallest absolute Gasteiger partial charge is 0.0625 e. The largest absolute Gasteiger partial charge is 0.298 e. The predicted octanol–water partition coefficient (Wildman–Crippen LogP) is 3.05. The molecule has 1 atom stereocenters. The van der Waals surface area contributed by atoms with Crippen molar-refractivity contribution in [1.82, 2.24) is 4.90 Å². The minimum atomic E-state index is 0.330. The summed E-state index contributed by atoms with van der Waals surface area (Å²) in [5, 5.41) is 8.75. The lowest BCUT2D eigenvalue weighted by Crippen LogP contribution is -2.51. The highest BCUT2D eigenvalue weighted by atomic mass is 15.2. The second-order valence-corrected chi connectivity index (χ2v) is 5.88. The Balaban J connectivity index is 2.58. The van der Waals surface area contributed by atoms with Gasteiger partial charge in [-0.3, -0.25) is 4.90 Å². The van der Waals surface area contributed by atoms with E-state index in [1.165, 1.54) is 12.8 Å². The molecule has 0 spiro atoms. The van der Waals surface area contributed by atoms with E-state index in [1.807, 2.05) is 0 Å². The van der Waals surface area contributed by atoms with Gasteiger partial charge >= 0.3 is 0 Å². The van der Waals surface area contributed by atoms with Crippen molar-refractivity contribution in [2.24, 2.45) is 11.8 Å². The number of hydrogen-bond donors (Lipinski definition) is 0. The van der Waals surface area contributed by atoms with Crippen molar-refractivity contribution < 1.29 is 0 Å². The van der Waals surface area contributed by atoms with Crippen LogP contribution in [0.25, 0.3) is 0 Å². The Morgan fingerprint density at radius 2 is 2.13 bits per heavy atom. The molecule has 2 nitrogen and oxygen atoms in total. The van der Waals surface area contributed by atoms with Crippen molar-refractivity contribution in [2.75, 3.05) is 13.1 Å². The fraction of sp³-hybridized carbons (Fsp3) is 0.923. The highest BCUT2D eigenvalue weighted by molar-refractivity contribution is 4.91. The van der Waals surface area contributed by atoms with Gasteiger partial charge in [0.25, 0.3) is 0 Å². The topological polar surface area (TPSA) is 27.0 Å². The second-order valence-electron chi connectivity index (χ2n) is 5.88. The maximum Gasteiger partial charge on any atom is 0.0625 e. The number of nitrogens with zero attached hydrogens (tertiary/aromatic N) is 2. The van der Waals surface area contributed by atoms with Crippen LogP contribution in [0.3, 0.4) is 0 Å². The first-order valence-corrected chi connectivity index (χ1v) is 6.07. The summed E-state index contributed by atoms with van der Waals surface area (Å²) in [6, 6.07) is 2.31. The van der Waals surface area contributed by atoms with Crippen LogP contribution in [0.1, 0.15) is 47.0 Å². The van der Waals surface area contributed by atoms with Gasteiger partial charge in [0.1, 0.15) is 0 Å². The average Bonchev–Trinajstić information content (AvgIpc) is 2.11. The summed E-state index contributed by atoms with van der Waals surface area (Å²) in [4.78, 5) is 2.57. The zero-order valence-corrected chi connectivity index (χ0v) is 10.6. The molecule has 0 aromatic carbocycles. The van der Waals surface area contributed by atoms with Crippen molar-refractivity contribution in [3.8, 4) is 6.07 Å². The van der Waals surface area contributed by atoms with Gasteiger partial charge in [-0.25, -0.2) is 0 Å². The molecule has 1 unspecified atom stereocenters. The number of nitriles is 1. The minimum absolute atomic E-state index is 0.330. The molecule has 1 heterocycles. The Hall–Kier alpha value is -0.550. The molecule has 2 heteroatoms. The molecule has 0 radical (unpaired) electrons. The van der Waals surface area contributed by atoms with Gasteiger partial charge in [0.05, 0.1) is 6.07 Å². The monoisotopic (exact) mass is 208 g/mol. The lowest BCUT2D eigenvalue weighted by atomic mass is 9.83. The Morgan fingerprint density at radius 3 is 2.67 bits per heavy atom. The summed E-state index contributed by atoms with van der Waals surface area (Å²) in [6.07, 6.45) is 3.17. The average molecular weight is 208 g/mol. The van der Waals surface area contributed by atoms with E-state index < -0.39 is 0 Å². The number of rotatable bonds is 3. The summed E-state index contributed by atoms with van der Waals surface area (Å²) < 4.78 is 0. The highest BCUT2D eigenvalue weighted by Crippen LogP contribution is 2.32. The van der Waals surface area contributed by atoms with Gasteiger partial charge in [0.2, 0.25) is 0 Å². The van der Waals surface area contributed by atoms with E-state index >= 15 is 0 Å². The van der Waals surface area contributed by atoms with Crippen molar-refractivity contribution in [3.63, 3.8) is 0 Å². The molecule has 86 valence electrons. The fourth-order valence-electron chi connectivity index (χ4n) is 2.42. The van der Waals surface area contributed by atoms with E-state index in [1.54, 1.807) is 0 Å². The van der Waals surface area contributed by atoms with Crippen LogP contribution in [-0.4, -0.2) is 23.5 Å². The molecule has 1 saturated heterocycles. The normalized spacial score (nSPS) is 26.5. The molecule has 1 rings (SSSR count). The third kappa shape index (κ3) is 3.50. The first-order valence-electron chi connectivity index (χ1n) is 6.07. The summed E-state index contributed by atoms with van der Waals surface area (Å²) in [5.74, 6) is 1.31. The van der Waals surface area contributed by atoms with Crippen molar-refractivity contribution in [1.29, 1.82) is 5.26 Å². The molecule has 1 aliphatic rings. The van der Waals surface area contributed by atoms with E-state index in [0.29, 0.717) is 17.4 Å². The van der Waals surface area contributed by atoms with E-state index in [-0.39, 0.29) is 0 Å². The second kappa shape index (κ2) is 4.99. The van der Waals surface area contributed by atoms with Crippen LogP contribution in [0.4, 0.5) is 0 Å². The van der Waals surface area contributed by atoms with Gasteiger partial charge in [-0.1, -0.05) is 13.8 Å². The molecule has 0 saturated carbocycles. The first-order chi connectivity index (χ1) is 6.95. The van der Waals surface area contributed by atoms with Gasteiger partial charge < -0.3 is 0 Å². The zero-order valence-electron chi connectivity index (χ0n) is 10.6. The molecule has 0 N–H and O–H groups in total. The lowest BCUT2D eigenvalue weighted by molar-refractivity contribution is 0.0364. The van der Waals surface area contributed by atoms with Crippen LogP contribution in [0.15, 0.2) is 0 Å². The Kier molecular flexibility index (Phi) is 4.16. The third-order valence-corrected chi connectivity index (χ3v) is 3.46. The molecule has 0 amide bonds. The Morgan fingerprint density at radius 1 is 1.47 bits per heavy atom. The van der Waals surface area contributed by atoms with Crippen molar-refractivity contribution >= 4 is 0 Å².